The van der Waals surface area contributed by atoms with Crippen molar-refractivity contribution in [2.75, 3.05) is 9.44 Å². The lowest BCUT2D eigenvalue weighted by atomic mass is 9.82. The molecule has 0 amide bonds. The summed E-state index contributed by atoms with van der Waals surface area (Å²) in [6.45, 7) is 0. The molecule has 2 unspecified atom stereocenters. The van der Waals surface area contributed by atoms with Gasteiger partial charge in [-0.2, -0.15) is 9.97 Å². The Morgan fingerprint density at radius 1 is 0.500 bits per heavy atom. The van der Waals surface area contributed by atoms with Crippen LogP contribution in [0.1, 0.15) is 34.1 Å². The van der Waals surface area contributed by atoms with Crippen LogP contribution in [-0.2, 0) is 38.9 Å². The van der Waals surface area contributed by atoms with Gasteiger partial charge in [0.25, 0.3) is 31.8 Å². The first kappa shape index (κ1) is 50.1. The normalized spacial score (nSPS) is 12.8. The molecule has 21 heteroatoms. The van der Waals surface area contributed by atoms with Crippen molar-refractivity contribution in [2.24, 2.45) is 14.1 Å². The van der Waals surface area contributed by atoms with Gasteiger partial charge in [0.2, 0.25) is 0 Å². The van der Waals surface area contributed by atoms with E-state index in [9.17, 15) is 25.6 Å². The maximum atomic E-state index is 15.4. The van der Waals surface area contributed by atoms with E-state index in [1.807, 2.05) is 14.1 Å². The summed E-state index contributed by atoms with van der Waals surface area (Å²) in [6.07, 6.45) is 12.9. The highest BCUT2D eigenvalue weighted by atomic mass is 32.2. The molecule has 0 aliphatic heterocycles. The monoisotopic (exact) mass is 1060 g/mol. The third kappa shape index (κ3) is 11.2. The molecule has 0 aliphatic carbocycles. The van der Waals surface area contributed by atoms with Crippen molar-refractivity contribution in [1.82, 2.24) is 39.0 Å². The number of nitrogens with one attached hydrogen (secondary N) is 2. The molecule has 0 saturated heterocycles. The van der Waals surface area contributed by atoms with Gasteiger partial charge in [0, 0.05) is 25.5 Å². The van der Waals surface area contributed by atoms with Crippen LogP contribution in [0.15, 0.2) is 193 Å². The van der Waals surface area contributed by atoms with Crippen LogP contribution in [0, 0.1) is 11.6 Å². The number of fused-ring (bicyclic) bond motifs is 2. The fraction of sp³-hybridized carbons (Fsp3) is 0.0727. The van der Waals surface area contributed by atoms with E-state index in [1.54, 1.807) is 94.6 Å². The van der Waals surface area contributed by atoms with E-state index < -0.39 is 43.5 Å². The molecule has 0 aliphatic rings. The van der Waals surface area contributed by atoms with Gasteiger partial charge in [0.15, 0.2) is 28.1 Å². The van der Waals surface area contributed by atoms with Crippen molar-refractivity contribution in [3.8, 4) is 23.3 Å². The Balaban J connectivity index is 0.987. The number of Topliss-reactive ketones (excluding diaryl/α,β-unsaturated/α-hetero) is 1. The number of benzene rings is 6. The number of aromatic nitrogens is 8. The molecule has 4 heterocycles. The zero-order chi connectivity index (χ0) is 53.0. The van der Waals surface area contributed by atoms with Crippen molar-refractivity contribution in [3.63, 3.8) is 0 Å². The van der Waals surface area contributed by atoms with Crippen molar-refractivity contribution in [2.45, 2.75) is 21.6 Å². The van der Waals surface area contributed by atoms with Crippen molar-refractivity contribution in [3.05, 3.63) is 217 Å². The smallest absolute Gasteiger partial charge is 0.261 e. The highest BCUT2D eigenvalue weighted by Crippen LogP contribution is 2.34. The molecular weight excluding hydrogens is 1010 g/mol. The molecule has 2 atom stereocenters. The number of halogens is 2. The average molecular weight is 1060 g/mol. The predicted octanol–water partition coefficient (Wildman–Crippen LogP) is 10.4. The van der Waals surface area contributed by atoms with Gasteiger partial charge in [0.05, 0.1) is 34.3 Å². The minimum Gasteiger partial charge on any atom is -0.437 e. The maximum absolute atomic E-state index is 15.4. The summed E-state index contributed by atoms with van der Waals surface area (Å²) < 4.78 is 102. The highest BCUT2D eigenvalue weighted by molar-refractivity contribution is 7.93. The lowest BCUT2D eigenvalue weighted by Crippen LogP contribution is -2.19. The van der Waals surface area contributed by atoms with Crippen LogP contribution in [-0.4, -0.2) is 61.7 Å². The van der Waals surface area contributed by atoms with E-state index in [-0.39, 0.29) is 38.7 Å². The third-order valence-corrected chi connectivity index (χ3v) is 14.8. The highest BCUT2D eigenvalue weighted by Gasteiger charge is 2.28. The number of ether oxygens (including phenoxy) is 2. The fourth-order valence-corrected chi connectivity index (χ4v) is 10.2. The number of hydrogen-bond acceptors (Lipinski definition) is 13. The average Bonchev–Trinajstić information content (AvgIpc) is 4.01. The molecule has 0 saturated carbocycles. The Labute approximate surface area is 434 Å². The van der Waals surface area contributed by atoms with Crippen molar-refractivity contribution >= 4 is 71.7 Å². The van der Waals surface area contributed by atoms with E-state index in [0.29, 0.717) is 56.1 Å². The number of imidazole rings is 2. The van der Waals surface area contributed by atoms with Crippen molar-refractivity contribution in [1.29, 1.82) is 0 Å². The zero-order valence-corrected chi connectivity index (χ0v) is 41.8. The standard InChI is InChI=1S/C55H42F2N10O7S2/c1-66-33-62-49-52(66)58-31-60-54(49)73-43-21-3-35(4-22-43)7-29-47(37-9-25-45(26-10-37)75(69,70)64-41-17-13-39(56)14-18-41)51(68)48(38-11-27-46(28-12-38)76(71,72)65-42-19-15-40(57)16-20-42)30-8-36-5-23-44(24-6-36)74-55-50-53(59-32-61-55)67(2)34-63-50/h3-34,47-48,64-65H,1-2H3/b29-7+,30-8+. The van der Waals surface area contributed by atoms with Gasteiger partial charge in [0.1, 0.15) is 35.8 Å². The van der Waals surface area contributed by atoms with E-state index in [0.717, 1.165) is 24.3 Å². The largest absolute Gasteiger partial charge is 0.437 e. The Hall–Kier alpha value is -9.47. The number of rotatable bonds is 18. The van der Waals surface area contributed by atoms with Crippen LogP contribution >= 0.6 is 0 Å². The van der Waals surface area contributed by atoms with Gasteiger partial charge in [-0.15, -0.1) is 0 Å². The third-order valence-electron chi connectivity index (χ3n) is 12.0. The molecule has 380 valence electrons. The number of hydrogen-bond donors (Lipinski definition) is 2. The number of carbonyl (C=O) groups excluding carboxylic acids is 1. The quantitative estimate of drug-likeness (QED) is 0.0819. The molecule has 6 aromatic carbocycles. The number of aryl methyl sites for hydroxylation is 2. The van der Waals surface area contributed by atoms with Crippen LogP contribution in [0.5, 0.6) is 23.3 Å². The molecule has 4 aromatic heterocycles. The molecule has 17 nitrogen and oxygen atoms in total. The van der Waals surface area contributed by atoms with Gasteiger partial charge in [-0.25, -0.2) is 45.6 Å². The van der Waals surface area contributed by atoms with Gasteiger partial charge in [-0.3, -0.25) is 14.2 Å². The number of sulfonamides is 2. The van der Waals surface area contributed by atoms with Crippen LogP contribution in [0.2, 0.25) is 0 Å². The second-order valence-electron chi connectivity index (χ2n) is 17.2. The molecule has 0 fully saturated rings. The molecule has 0 bridgehead atoms. The SMILES string of the molecule is Cn1cnc2c(Oc3ccc(/C=C/C(C(=O)C(/C=C/c4ccc(Oc5ncnc6c5ncn6C)cc4)c4ccc(S(=O)(=O)Nc5ccc(F)cc5)cc4)c4ccc(S(=O)(=O)Nc5ccc(F)cc5)cc4)cc3)ncnc21. The Morgan fingerprint density at radius 3 is 1.24 bits per heavy atom. The number of anilines is 2. The van der Waals surface area contributed by atoms with Gasteiger partial charge >= 0.3 is 0 Å². The van der Waals surface area contributed by atoms with Crippen LogP contribution < -0.4 is 18.9 Å². The first-order chi connectivity index (χ1) is 36.7. The van der Waals surface area contributed by atoms with E-state index >= 15 is 4.79 Å². The van der Waals surface area contributed by atoms with Gasteiger partial charge in [-0.05, 0) is 119 Å². The first-order valence-corrected chi connectivity index (χ1v) is 26.1. The summed E-state index contributed by atoms with van der Waals surface area (Å²) in [5.41, 5.74) is 4.69. The molecule has 10 aromatic rings. The van der Waals surface area contributed by atoms with Crippen LogP contribution in [0.25, 0.3) is 34.5 Å². The van der Waals surface area contributed by atoms with E-state index in [1.165, 1.54) is 85.5 Å². The summed E-state index contributed by atoms with van der Waals surface area (Å²) in [4.78, 5) is 40.9. The van der Waals surface area contributed by atoms with Gasteiger partial charge in [-0.1, -0.05) is 72.8 Å². The summed E-state index contributed by atoms with van der Waals surface area (Å²) in [5, 5.41) is 0. The molecule has 0 spiro atoms. The number of nitrogens with zero attached hydrogens (tertiary/aromatic N) is 8. The molecule has 0 radical (unpaired) electrons. The summed E-state index contributed by atoms with van der Waals surface area (Å²) in [5.74, 6) is -2.02. The number of ketones is 1. The number of allylic oxidation sites excluding steroid dienone is 2. The summed E-state index contributed by atoms with van der Waals surface area (Å²) >= 11 is 0. The molecular formula is C55H42F2N10O7S2. The number of carbonyl (C=O) groups is 1. The lowest BCUT2D eigenvalue weighted by molar-refractivity contribution is -0.120. The van der Waals surface area contributed by atoms with E-state index in [2.05, 4.69) is 39.3 Å². The summed E-state index contributed by atoms with van der Waals surface area (Å²) in [7, 11) is -4.68. The van der Waals surface area contributed by atoms with Crippen molar-refractivity contribution < 1.29 is 39.9 Å². The molecule has 10 rings (SSSR count). The Kier molecular flexibility index (Phi) is 14.0. The maximum Gasteiger partial charge on any atom is 0.261 e. The van der Waals surface area contributed by atoms with Crippen LogP contribution in [0.4, 0.5) is 20.2 Å². The van der Waals surface area contributed by atoms with Crippen LogP contribution in [0.3, 0.4) is 0 Å². The first-order valence-electron chi connectivity index (χ1n) is 23.1. The second-order valence-corrected chi connectivity index (χ2v) is 20.6. The lowest BCUT2D eigenvalue weighted by Gasteiger charge is -2.20. The Bertz CT molecular complexity index is 3770. The van der Waals surface area contributed by atoms with E-state index in [4.69, 9.17) is 9.47 Å². The predicted molar refractivity (Wildman–Crippen MR) is 281 cm³/mol. The van der Waals surface area contributed by atoms with Gasteiger partial charge < -0.3 is 18.6 Å². The zero-order valence-electron chi connectivity index (χ0n) is 40.1. The molecule has 2 N–H and O–H groups in total. The minimum absolute atomic E-state index is 0.114. The molecule has 76 heavy (non-hydrogen) atoms. The topological polar surface area (TPSA) is 215 Å². The second kappa shape index (κ2) is 21.2. The Morgan fingerprint density at radius 2 is 0.868 bits per heavy atom. The minimum atomic E-state index is -4.15. The summed E-state index contributed by atoms with van der Waals surface area (Å²) in [6, 6.07) is 35.4. The fourth-order valence-electron chi connectivity index (χ4n) is 8.04.